The molecule has 0 radical (unpaired) electrons. The number of esters is 2. The summed E-state index contributed by atoms with van der Waals surface area (Å²) in [6, 6.07) is 7.39. The molecule has 0 fully saturated rings. The Kier molecular flexibility index (Phi) is 11.1. The number of ether oxygens (including phenoxy) is 3. The minimum absolute atomic E-state index is 0.215. The van der Waals surface area contributed by atoms with Gasteiger partial charge in [0.05, 0.1) is 26.4 Å². The maximum Gasteiger partial charge on any atom is 0.384 e. The Labute approximate surface area is 167 Å². The molecule has 152 valence electrons. The summed E-state index contributed by atoms with van der Waals surface area (Å²) in [5.74, 6) is 5.39. The van der Waals surface area contributed by atoms with Crippen molar-refractivity contribution < 1.29 is 23.8 Å². The molecule has 0 saturated heterocycles. The van der Waals surface area contributed by atoms with Crippen molar-refractivity contribution in [3.63, 3.8) is 0 Å². The molecular formula is C22H29NO5. The largest absolute Gasteiger partial charge is 0.497 e. The van der Waals surface area contributed by atoms with Crippen LogP contribution in [0.4, 0.5) is 0 Å². The van der Waals surface area contributed by atoms with E-state index in [1.807, 2.05) is 24.3 Å². The van der Waals surface area contributed by atoms with Crippen LogP contribution in [0.2, 0.25) is 0 Å². The summed E-state index contributed by atoms with van der Waals surface area (Å²) in [7, 11) is 1.62. The summed E-state index contributed by atoms with van der Waals surface area (Å²) >= 11 is 0. The van der Waals surface area contributed by atoms with E-state index in [1.54, 1.807) is 27.0 Å². The van der Waals surface area contributed by atoms with Crippen LogP contribution in [-0.4, -0.2) is 49.7 Å². The number of nitrogens with zero attached hydrogens (tertiary/aromatic N) is 1. The van der Waals surface area contributed by atoms with Crippen LogP contribution in [0.3, 0.4) is 0 Å². The highest BCUT2D eigenvalue weighted by Gasteiger charge is 2.18. The Bertz CT molecular complexity index is 687. The molecule has 0 aromatic heterocycles. The predicted molar refractivity (Wildman–Crippen MR) is 108 cm³/mol. The average Bonchev–Trinajstić information content (AvgIpc) is 2.69. The minimum Gasteiger partial charge on any atom is -0.497 e. The van der Waals surface area contributed by atoms with E-state index in [1.165, 1.54) is 0 Å². The van der Waals surface area contributed by atoms with Crippen LogP contribution in [0, 0.1) is 11.8 Å². The maximum absolute atomic E-state index is 11.8. The third-order valence-electron chi connectivity index (χ3n) is 3.89. The van der Waals surface area contributed by atoms with Crippen LogP contribution >= 0.6 is 0 Å². The number of carbonyl (C=O) groups is 2. The molecule has 0 bridgehead atoms. The topological polar surface area (TPSA) is 65.1 Å². The average molecular weight is 387 g/mol. The highest BCUT2D eigenvalue weighted by atomic mass is 16.5. The molecule has 0 N–H and O–H groups in total. The fourth-order valence-electron chi connectivity index (χ4n) is 2.58. The Balaban J connectivity index is 2.98. The van der Waals surface area contributed by atoms with Gasteiger partial charge in [-0.25, -0.2) is 4.79 Å². The molecule has 1 atom stereocenters. The molecule has 6 nitrogen and oxygen atoms in total. The number of rotatable bonds is 11. The third-order valence-corrected chi connectivity index (χ3v) is 3.89. The van der Waals surface area contributed by atoms with Gasteiger partial charge in [0.25, 0.3) is 0 Å². The van der Waals surface area contributed by atoms with Crippen molar-refractivity contribution in [2.45, 2.75) is 39.3 Å². The number of benzene rings is 1. The van der Waals surface area contributed by atoms with Gasteiger partial charge in [-0.05, 0) is 38.0 Å². The Morgan fingerprint density at radius 2 is 1.86 bits per heavy atom. The quantitative estimate of drug-likeness (QED) is 0.252. The molecule has 0 saturated carbocycles. The summed E-state index contributed by atoms with van der Waals surface area (Å²) in [4.78, 5) is 25.5. The van der Waals surface area contributed by atoms with E-state index in [4.69, 9.17) is 14.2 Å². The standard InChI is InChI=1S/C22H29NO5/c1-5-16-23(17-18-8-12-20(26-4)13-9-18)19(10-14-21(24)27-6-2)11-15-22(25)28-7-3/h5,8-9,12-13,19H,1,6-7,10,14,16-17H2,2-4H3/t19-/m0/s1. The molecule has 28 heavy (non-hydrogen) atoms. The fraction of sp³-hybridized carbons (Fsp3) is 0.455. The second kappa shape index (κ2) is 13.4. The number of hydrogen-bond acceptors (Lipinski definition) is 6. The molecule has 0 spiro atoms. The first-order chi connectivity index (χ1) is 13.5. The number of carbonyl (C=O) groups excluding carboxylic acids is 2. The lowest BCUT2D eigenvalue weighted by molar-refractivity contribution is -0.143. The van der Waals surface area contributed by atoms with Gasteiger partial charge in [-0.2, -0.15) is 0 Å². The van der Waals surface area contributed by atoms with Crippen LogP contribution < -0.4 is 4.74 Å². The van der Waals surface area contributed by atoms with Gasteiger partial charge in [0.15, 0.2) is 0 Å². The molecular weight excluding hydrogens is 358 g/mol. The maximum atomic E-state index is 11.8. The van der Waals surface area contributed by atoms with Crippen LogP contribution in [-0.2, 0) is 25.6 Å². The molecule has 0 amide bonds. The molecule has 1 rings (SSSR count). The van der Waals surface area contributed by atoms with Gasteiger partial charge in [-0.3, -0.25) is 9.69 Å². The number of methoxy groups -OCH3 is 1. The van der Waals surface area contributed by atoms with Crippen molar-refractivity contribution in [3.8, 4) is 17.6 Å². The summed E-state index contributed by atoms with van der Waals surface area (Å²) < 4.78 is 15.1. The highest BCUT2D eigenvalue weighted by Crippen LogP contribution is 2.16. The van der Waals surface area contributed by atoms with Gasteiger partial charge in [0.2, 0.25) is 0 Å². The van der Waals surface area contributed by atoms with Crippen LogP contribution in [0.15, 0.2) is 36.9 Å². The van der Waals surface area contributed by atoms with Gasteiger partial charge >= 0.3 is 11.9 Å². The lowest BCUT2D eigenvalue weighted by Crippen LogP contribution is -2.34. The van der Waals surface area contributed by atoms with Gasteiger partial charge in [-0.1, -0.05) is 24.1 Å². The van der Waals surface area contributed by atoms with E-state index in [0.717, 1.165) is 11.3 Å². The van der Waals surface area contributed by atoms with E-state index < -0.39 is 5.97 Å². The van der Waals surface area contributed by atoms with Gasteiger partial charge < -0.3 is 14.2 Å². The zero-order valence-electron chi connectivity index (χ0n) is 16.9. The lowest BCUT2D eigenvalue weighted by Gasteiger charge is -2.27. The Morgan fingerprint density at radius 3 is 2.43 bits per heavy atom. The molecule has 0 aliphatic rings. The van der Waals surface area contributed by atoms with Gasteiger partial charge in [0, 0.05) is 25.4 Å². The van der Waals surface area contributed by atoms with Gasteiger partial charge in [0.1, 0.15) is 5.75 Å². The normalized spacial score (nSPS) is 11.1. The zero-order valence-corrected chi connectivity index (χ0v) is 16.9. The van der Waals surface area contributed by atoms with Crippen LogP contribution in [0.25, 0.3) is 0 Å². The Hall–Kier alpha value is -2.78. The van der Waals surface area contributed by atoms with Crippen molar-refractivity contribution in [2.75, 3.05) is 26.9 Å². The molecule has 6 heteroatoms. The minimum atomic E-state index is -0.577. The fourth-order valence-corrected chi connectivity index (χ4v) is 2.58. The summed E-state index contributed by atoms with van der Waals surface area (Å²) in [6.07, 6.45) is 2.43. The first kappa shape index (κ1) is 23.3. The molecule has 0 aliphatic carbocycles. The van der Waals surface area contributed by atoms with Crippen molar-refractivity contribution in [1.82, 2.24) is 4.90 Å². The van der Waals surface area contributed by atoms with Crippen molar-refractivity contribution in [3.05, 3.63) is 42.5 Å². The van der Waals surface area contributed by atoms with Crippen molar-refractivity contribution in [2.24, 2.45) is 0 Å². The first-order valence-electron chi connectivity index (χ1n) is 9.35. The van der Waals surface area contributed by atoms with Crippen molar-refractivity contribution in [1.29, 1.82) is 0 Å². The second-order valence-corrected chi connectivity index (χ2v) is 5.92. The molecule has 0 aliphatic heterocycles. The molecule has 1 aromatic carbocycles. The first-order valence-corrected chi connectivity index (χ1v) is 9.35. The van der Waals surface area contributed by atoms with E-state index in [9.17, 15) is 9.59 Å². The third kappa shape index (κ3) is 8.74. The molecule has 0 heterocycles. The molecule has 0 unspecified atom stereocenters. The van der Waals surface area contributed by atoms with Gasteiger partial charge in [-0.15, -0.1) is 6.58 Å². The lowest BCUT2D eigenvalue weighted by atomic mass is 10.1. The zero-order chi connectivity index (χ0) is 20.8. The summed E-state index contributed by atoms with van der Waals surface area (Å²) in [6.45, 7) is 9.04. The Morgan fingerprint density at radius 1 is 1.18 bits per heavy atom. The van der Waals surface area contributed by atoms with E-state index in [-0.39, 0.29) is 25.0 Å². The SMILES string of the molecule is C=CCN(Cc1ccc(OC)cc1)[C@H](C#CC(=O)OCC)CCC(=O)OCC. The van der Waals surface area contributed by atoms with E-state index in [0.29, 0.717) is 26.1 Å². The van der Waals surface area contributed by atoms with Crippen molar-refractivity contribution >= 4 is 11.9 Å². The predicted octanol–water partition coefficient (Wildman–Crippen LogP) is 2.96. The van der Waals surface area contributed by atoms with E-state index >= 15 is 0 Å². The van der Waals surface area contributed by atoms with Crippen LogP contribution in [0.1, 0.15) is 32.3 Å². The highest BCUT2D eigenvalue weighted by molar-refractivity contribution is 5.88. The van der Waals surface area contributed by atoms with E-state index in [2.05, 4.69) is 23.3 Å². The van der Waals surface area contributed by atoms with Crippen LogP contribution in [0.5, 0.6) is 5.75 Å². The molecule has 1 aromatic rings. The number of hydrogen-bond donors (Lipinski definition) is 0. The monoisotopic (exact) mass is 387 g/mol. The smallest absolute Gasteiger partial charge is 0.384 e. The second-order valence-electron chi connectivity index (χ2n) is 5.92. The summed E-state index contributed by atoms with van der Waals surface area (Å²) in [5, 5.41) is 0. The summed E-state index contributed by atoms with van der Waals surface area (Å²) in [5.41, 5.74) is 1.06.